The van der Waals surface area contributed by atoms with Gasteiger partial charge in [-0.05, 0) is 43.2 Å². The van der Waals surface area contributed by atoms with Gasteiger partial charge in [-0.2, -0.15) is 0 Å². The molecule has 11 heteroatoms. The van der Waals surface area contributed by atoms with Crippen molar-refractivity contribution in [1.29, 1.82) is 0 Å². The lowest BCUT2D eigenvalue weighted by molar-refractivity contribution is 0.102. The third kappa shape index (κ3) is 4.74. The van der Waals surface area contributed by atoms with Crippen LogP contribution in [0.4, 0.5) is 5.13 Å². The maximum Gasteiger partial charge on any atom is 0.270 e. The van der Waals surface area contributed by atoms with E-state index < -0.39 is 10.0 Å². The Labute approximate surface area is 189 Å². The van der Waals surface area contributed by atoms with Gasteiger partial charge in [0.2, 0.25) is 9.47 Å². The number of aromatic nitrogens is 4. The fourth-order valence-corrected chi connectivity index (χ4v) is 4.98. The summed E-state index contributed by atoms with van der Waals surface area (Å²) >= 11 is 0.791. The van der Waals surface area contributed by atoms with Crippen molar-refractivity contribution < 1.29 is 13.2 Å². The minimum atomic E-state index is -3.88. The van der Waals surface area contributed by atoms with Gasteiger partial charge in [-0.3, -0.25) is 10.1 Å². The average Bonchev–Trinajstić information content (AvgIpc) is 3.42. The maximum atomic E-state index is 12.6. The standard InChI is InChI=1S/C21H20N6O3S2/c1-14-5-3-4-6-18(14)19(28)24-20-25-26-21(31-20)32(29,30)23-13-16-7-9-17(10-8-16)27-12-11-22-15(27)2/h3-12,23H,13H2,1-2H3,(H,24,25,28). The van der Waals surface area contributed by atoms with E-state index in [0.717, 1.165) is 34.0 Å². The van der Waals surface area contributed by atoms with Crippen LogP contribution in [0.1, 0.15) is 27.3 Å². The topological polar surface area (TPSA) is 119 Å². The number of hydrogen-bond donors (Lipinski definition) is 2. The number of rotatable bonds is 7. The van der Waals surface area contributed by atoms with Crippen LogP contribution >= 0.6 is 11.3 Å². The third-order valence-electron chi connectivity index (χ3n) is 4.75. The fourth-order valence-electron chi connectivity index (χ4n) is 3.03. The molecule has 0 atom stereocenters. The van der Waals surface area contributed by atoms with Gasteiger partial charge < -0.3 is 4.57 Å². The van der Waals surface area contributed by atoms with E-state index in [4.69, 9.17) is 0 Å². The molecule has 0 aliphatic heterocycles. The average molecular weight is 469 g/mol. The zero-order chi connectivity index (χ0) is 22.7. The van der Waals surface area contributed by atoms with Crippen LogP contribution in [0.5, 0.6) is 0 Å². The van der Waals surface area contributed by atoms with Gasteiger partial charge in [0.1, 0.15) is 5.82 Å². The molecule has 4 rings (SSSR count). The lowest BCUT2D eigenvalue weighted by Gasteiger charge is -2.07. The molecule has 0 saturated heterocycles. The molecule has 0 unspecified atom stereocenters. The summed E-state index contributed by atoms with van der Waals surface area (Å²) in [5.74, 6) is 0.490. The van der Waals surface area contributed by atoms with E-state index in [2.05, 4.69) is 25.2 Å². The van der Waals surface area contributed by atoms with Gasteiger partial charge >= 0.3 is 0 Å². The second kappa shape index (κ2) is 8.99. The minimum Gasteiger partial charge on any atom is -0.304 e. The lowest BCUT2D eigenvalue weighted by Crippen LogP contribution is -2.23. The predicted octanol–water partition coefficient (Wildman–Crippen LogP) is 3.07. The number of benzene rings is 2. The number of amides is 1. The van der Waals surface area contributed by atoms with Crippen LogP contribution in [0.2, 0.25) is 0 Å². The summed E-state index contributed by atoms with van der Waals surface area (Å²) in [7, 11) is -3.88. The van der Waals surface area contributed by atoms with E-state index in [1.165, 1.54) is 0 Å². The van der Waals surface area contributed by atoms with Crippen molar-refractivity contribution >= 4 is 32.4 Å². The van der Waals surface area contributed by atoms with E-state index in [-0.39, 0.29) is 21.9 Å². The van der Waals surface area contributed by atoms with Gasteiger partial charge in [-0.15, -0.1) is 10.2 Å². The molecule has 32 heavy (non-hydrogen) atoms. The van der Waals surface area contributed by atoms with E-state index in [9.17, 15) is 13.2 Å². The molecular formula is C21H20N6O3S2. The molecule has 4 aromatic rings. The van der Waals surface area contributed by atoms with Crippen LogP contribution in [0.3, 0.4) is 0 Å². The number of carbonyl (C=O) groups is 1. The molecular weight excluding hydrogens is 448 g/mol. The fraction of sp³-hybridized carbons (Fsp3) is 0.143. The third-order valence-corrected chi connectivity index (χ3v) is 7.36. The molecule has 9 nitrogen and oxygen atoms in total. The molecule has 164 valence electrons. The van der Waals surface area contributed by atoms with Crippen molar-refractivity contribution in [2.75, 3.05) is 5.32 Å². The molecule has 0 spiro atoms. The van der Waals surface area contributed by atoms with E-state index >= 15 is 0 Å². The molecule has 0 aliphatic carbocycles. The molecule has 2 aromatic carbocycles. The van der Waals surface area contributed by atoms with Crippen LogP contribution in [0.15, 0.2) is 65.3 Å². The molecule has 1 amide bonds. The molecule has 2 aromatic heterocycles. The molecule has 0 saturated carbocycles. The number of nitrogens with zero attached hydrogens (tertiary/aromatic N) is 4. The van der Waals surface area contributed by atoms with Crippen LogP contribution < -0.4 is 10.0 Å². The zero-order valence-corrected chi connectivity index (χ0v) is 18.9. The number of carbonyl (C=O) groups excluding carboxylic acids is 1. The van der Waals surface area contributed by atoms with E-state index in [1.807, 2.05) is 61.0 Å². The van der Waals surface area contributed by atoms with Gasteiger partial charge in [0.15, 0.2) is 0 Å². The molecule has 0 bridgehead atoms. The Morgan fingerprint density at radius 1 is 1.06 bits per heavy atom. The first-order valence-electron chi connectivity index (χ1n) is 9.63. The summed E-state index contributed by atoms with van der Waals surface area (Å²) in [6.07, 6.45) is 3.58. The van der Waals surface area contributed by atoms with Crippen molar-refractivity contribution in [3.63, 3.8) is 0 Å². The predicted molar refractivity (Wildman–Crippen MR) is 121 cm³/mol. The zero-order valence-electron chi connectivity index (χ0n) is 17.3. The Hall–Kier alpha value is -3.41. The normalized spacial score (nSPS) is 11.4. The first kappa shape index (κ1) is 21.8. The Bertz CT molecular complexity index is 1360. The van der Waals surface area contributed by atoms with E-state index in [1.54, 1.807) is 18.3 Å². The summed E-state index contributed by atoms with van der Waals surface area (Å²) in [5.41, 5.74) is 3.01. The number of nitrogens with one attached hydrogen (secondary N) is 2. The van der Waals surface area contributed by atoms with Crippen LogP contribution in [0.25, 0.3) is 5.69 Å². The molecule has 2 N–H and O–H groups in total. The maximum absolute atomic E-state index is 12.6. The molecule has 0 aliphatic rings. The van der Waals surface area contributed by atoms with Crippen molar-refractivity contribution in [1.82, 2.24) is 24.5 Å². The second-order valence-corrected chi connectivity index (χ2v) is 9.90. The highest BCUT2D eigenvalue weighted by atomic mass is 32.2. The van der Waals surface area contributed by atoms with Crippen molar-refractivity contribution in [2.24, 2.45) is 0 Å². The SMILES string of the molecule is Cc1ccccc1C(=O)Nc1nnc(S(=O)(=O)NCc2ccc(-n3ccnc3C)cc2)s1. The highest BCUT2D eigenvalue weighted by molar-refractivity contribution is 7.91. The summed E-state index contributed by atoms with van der Waals surface area (Å²) in [4.78, 5) is 16.6. The summed E-state index contributed by atoms with van der Waals surface area (Å²) < 4.78 is 29.4. The van der Waals surface area contributed by atoms with Crippen molar-refractivity contribution in [3.8, 4) is 5.69 Å². The van der Waals surface area contributed by atoms with Crippen LogP contribution in [-0.2, 0) is 16.6 Å². The number of sulfonamides is 1. The highest BCUT2D eigenvalue weighted by Gasteiger charge is 2.21. The Balaban J connectivity index is 1.40. The van der Waals surface area contributed by atoms with E-state index in [0.29, 0.717) is 5.56 Å². The number of aryl methyl sites for hydroxylation is 2. The number of anilines is 1. The first-order valence-corrected chi connectivity index (χ1v) is 11.9. The van der Waals surface area contributed by atoms with Crippen molar-refractivity contribution in [3.05, 3.63) is 83.4 Å². The highest BCUT2D eigenvalue weighted by Crippen LogP contribution is 2.21. The number of imidazole rings is 1. The monoisotopic (exact) mass is 468 g/mol. The van der Waals surface area contributed by atoms with Gasteiger partial charge in [-0.25, -0.2) is 18.1 Å². The minimum absolute atomic E-state index is 0.0933. The van der Waals surface area contributed by atoms with Crippen LogP contribution in [-0.4, -0.2) is 34.1 Å². The summed E-state index contributed by atoms with van der Waals surface area (Å²) in [6, 6.07) is 14.5. The van der Waals surface area contributed by atoms with Gasteiger partial charge in [-0.1, -0.05) is 41.7 Å². The van der Waals surface area contributed by atoms with Gasteiger partial charge in [0.05, 0.1) is 0 Å². The summed E-state index contributed by atoms with van der Waals surface area (Å²) in [5, 5.41) is 10.2. The Morgan fingerprint density at radius 2 is 1.81 bits per heavy atom. The molecule has 2 heterocycles. The Kier molecular flexibility index (Phi) is 6.12. The summed E-state index contributed by atoms with van der Waals surface area (Å²) in [6.45, 7) is 3.82. The van der Waals surface area contributed by atoms with Crippen molar-refractivity contribution in [2.45, 2.75) is 24.7 Å². The molecule has 0 radical (unpaired) electrons. The van der Waals surface area contributed by atoms with Gasteiger partial charge in [0.25, 0.3) is 15.9 Å². The second-order valence-electron chi connectivity index (χ2n) is 6.98. The van der Waals surface area contributed by atoms with Gasteiger partial charge in [0, 0.05) is 30.2 Å². The Morgan fingerprint density at radius 3 is 2.50 bits per heavy atom. The van der Waals surface area contributed by atoms with Crippen LogP contribution in [0, 0.1) is 13.8 Å². The molecule has 0 fully saturated rings. The number of hydrogen-bond acceptors (Lipinski definition) is 7. The largest absolute Gasteiger partial charge is 0.304 e. The first-order chi connectivity index (χ1) is 15.3. The lowest BCUT2D eigenvalue weighted by atomic mass is 10.1. The smallest absolute Gasteiger partial charge is 0.270 e. The quantitative estimate of drug-likeness (QED) is 0.402.